The molecule has 7 heteroatoms. The molecule has 0 unspecified atom stereocenters. The smallest absolute Gasteiger partial charge is 0.240 e. The van der Waals surface area contributed by atoms with Crippen molar-refractivity contribution < 1.29 is 19.1 Å². The van der Waals surface area contributed by atoms with E-state index in [1.807, 2.05) is 0 Å². The molecule has 1 aromatic rings. The standard InChI is InChI=1S/C22H27ClN2O4/c1-4-11-24(12-5-2)19(26)15-22(17-9-6-7-10-18(17)23)16-20(27)25(21(22)28)13-8-14-29-3/h4-7,9-10H,1-2,8,11-16H2,3H3/t22-/m0/s1. The number of rotatable bonds is 11. The largest absolute Gasteiger partial charge is 0.385 e. The van der Waals surface area contributed by atoms with Crippen LogP contribution in [0.15, 0.2) is 49.6 Å². The zero-order valence-corrected chi connectivity index (χ0v) is 17.5. The quantitative estimate of drug-likeness (QED) is 0.315. The average Bonchev–Trinajstić information content (AvgIpc) is 2.93. The van der Waals surface area contributed by atoms with Crippen LogP contribution in [0.1, 0.15) is 24.8 Å². The summed E-state index contributed by atoms with van der Waals surface area (Å²) in [5.41, 5.74) is -0.819. The van der Waals surface area contributed by atoms with Crippen molar-refractivity contribution in [2.24, 2.45) is 0 Å². The summed E-state index contributed by atoms with van der Waals surface area (Å²) in [6.07, 6.45) is 3.51. The Labute approximate surface area is 176 Å². The van der Waals surface area contributed by atoms with E-state index >= 15 is 0 Å². The highest BCUT2D eigenvalue weighted by Gasteiger charge is 2.54. The molecule has 1 aliphatic rings. The molecule has 0 N–H and O–H groups in total. The number of methoxy groups -OCH3 is 1. The average molecular weight is 419 g/mol. The summed E-state index contributed by atoms with van der Waals surface area (Å²) in [5.74, 6) is -0.959. The van der Waals surface area contributed by atoms with E-state index in [1.54, 1.807) is 48.4 Å². The third kappa shape index (κ3) is 4.95. The summed E-state index contributed by atoms with van der Waals surface area (Å²) < 4.78 is 5.03. The number of imide groups is 1. The van der Waals surface area contributed by atoms with E-state index in [9.17, 15) is 14.4 Å². The van der Waals surface area contributed by atoms with Crippen LogP contribution in [0.3, 0.4) is 0 Å². The first kappa shape index (κ1) is 22.8. The summed E-state index contributed by atoms with van der Waals surface area (Å²) in [5, 5.41) is 0.360. The maximum Gasteiger partial charge on any atom is 0.240 e. The van der Waals surface area contributed by atoms with Gasteiger partial charge in [0.1, 0.15) is 0 Å². The predicted octanol–water partition coefficient (Wildman–Crippen LogP) is 2.96. The van der Waals surface area contributed by atoms with Gasteiger partial charge in [0, 0.05) is 51.2 Å². The van der Waals surface area contributed by atoms with Gasteiger partial charge in [-0.25, -0.2) is 0 Å². The van der Waals surface area contributed by atoms with Crippen molar-refractivity contribution >= 4 is 29.3 Å². The van der Waals surface area contributed by atoms with Crippen LogP contribution in [0.25, 0.3) is 0 Å². The molecule has 0 spiro atoms. The second-order valence-electron chi connectivity index (χ2n) is 6.99. The summed E-state index contributed by atoms with van der Waals surface area (Å²) >= 11 is 6.41. The van der Waals surface area contributed by atoms with E-state index in [2.05, 4.69) is 13.2 Å². The molecule has 1 saturated heterocycles. The Morgan fingerprint density at radius 2 is 1.93 bits per heavy atom. The number of carbonyl (C=O) groups excluding carboxylic acids is 3. The molecule has 1 aliphatic heterocycles. The van der Waals surface area contributed by atoms with Crippen LogP contribution < -0.4 is 0 Å². The minimum Gasteiger partial charge on any atom is -0.385 e. The Morgan fingerprint density at radius 3 is 2.52 bits per heavy atom. The van der Waals surface area contributed by atoms with Crippen LogP contribution in [0.4, 0.5) is 0 Å². The van der Waals surface area contributed by atoms with E-state index in [-0.39, 0.29) is 31.2 Å². The van der Waals surface area contributed by atoms with Crippen LogP contribution in [0, 0.1) is 0 Å². The number of carbonyl (C=O) groups is 3. The van der Waals surface area contributed by atoms with Gasteiger partial charge >= 0.3 is 0 Å². The first-order valence-electron chi connectivity index (χ1n) is 9.49. The molecular formula is C22H27ClN2O4. The molecule has 0 aromatic heterocycles. The number of hydrogen-bond acceptors (Lipinski definition) is 4. The number of nitrogens with zero attached hydrogens (tertiary/aromatic N) is 2. The Bertz CT molecular complexity index is 785. The monoisotopic (exact) mass is 418 g/mol. The predicted molar refractivity (Wildman–Crippen MR) is 113 cm³/mol. The summed E-state index contributed by atoms with van der Waals surface area (Å²) in [7, 11) is 1.56. The minimum absolute atomic E-state index is 0.0929. The molecule has 3 amide bonds. The van der Waals surface area contributed by atoms with Gasteiger partial charge in [0.15, 0.2) is 0 Å². The molecule has 156 valence electrons. The maximum absolute atomic E-state index is 13.5. The molecule has 0 saturated carbocycles. The van der Waals surface area contributed by atoms with Crippen LogP contribution in [0.5, 0.6) is 0 Å². The Hall–Kier alpha value is -2.44. The molecule has 0 bridgehead atoms. The van der Waals surface area contributed by atoms with Gasteiger partial charge in [-0.1, -0.05) is 42.0 Å². The Balaban J connectivity index is 2.43. The molecule has 1 atom stereocenters. The van der Waals surface area contributed by atoms with Crippen molar-refractivity contribution in [1.29, 1.82) is 0 Å². The molecule has 29 heavy (non-hydrogen) atoms. The van der Waals surface area contributed by atoms with E-state index in [0.717, 1.165) is 0 Å². The lowest BCUT2D eigenvalue weighted by molar-refractivity contribution is -0.142. The first-order valence-corrected chi connectivity index (χ1v) is 9.87. The van der Waals surface area contributed by atoms with Crippen LogP contribution in [-0.2, 0) is 24.5 Å². The molecular weight excluding hydrogens is 392 g/mol. The third-order valence-corrected chi connectivity index (χ3v) is 5.36. The van der Waals surface area contributed by atoms with Gasteiger partial charge in [-0.2, -0.15) is 0 Å². The molecule has 0 radical (unpaired) electrons. The second-order valence-corrected chi connectivity index (χ2v) is 7.40. The Morgan fingerprint density at radius 1 is 1.28 bits per heavy atom. The SMILES string of the molecule is C=CCN(CC=C)C(=O)C[C@@]1(c2ccccc2Cl)CC(=O)N(CCCOC)C1=O. The molecule has 6 nitrogen and oxygen atoms in total. The van der Waals surface area contributed by atoms with E-state index in [1.165, 1.54) is 4.90 Å². The third-order valence-electron chi connectivity index (χ3n) is 5.03. The van der Waals surface area contributed by atoms with Crippen molar-refractivity contribution in [3.63, 3.8) is 0 Å². The topological polar surface area (TPSA) is 66.9 Å². The van der Waals surface area contributed by atoms with Crippen LogP contribution in [0.2, 0.25) is 5.02 Å². The highest BCUT2D eigenvalue weighted by atomic mass is 35.5. The number of amides is 3. The van der Waals surface area contributed by atoms with Gasteiger partial charge in [0.2, 0.25) is 17.7 Å². The van der Waals surface area contributed by atoms with Gasteiger partial charge in [-0.15, -0.1) is 13.2 Å². The summed E-state index contributed by atoms with van der Waals surface area (Å²) in [6.45, 7) is 8.68. The van der Waals surface area contributed by atoms with Crippen molar-refractivity contribution in [2.45, 2.75) is 24.7 Å². The van der Waals surface area contributed by atoms with E-state index in [4.69, 9.17) is 16.3 Å². The lowest BCUT2D eigenvalue weighted by Crippen LogP contribution is -2.44. The number of halogens is 1. The van der Waals surface area contributed by atoms with Crippen molar-refractivity contribution in [3.05, 3.63) is 60.2 Å². The molecule has 1 aromatic carbocycles. The highest BCUT2D eigenvalue weighted by molar-refractivity contribution is 6.32. The zero-order chi connectivity index (χ0) is 21.4. The fraction of sp³-hybridized carbons (Fsp3) is 0.409. The van der Waals surface area contributed by atoms with Crippen LogP contribution in [-0.4, -0.2) is 60.9 Å². The van der Waals surface area contributed by atoms with Crippen molar-refractivity contribution in [1.82, 2.24) is 9.80 Å². The van der Waals surface area contributed by atoms with Crippen LogP contribution >= 0.6 is 11.6 Å². The maximum atomic E-state index is 13.5. The zero-order valence-electron chi connectivity index (χ0n) is 16.7. The highest BCUT2D eigenvalue weighted by Crippen LogP contribution is 2.43. The molecule has 0 aliphatic carbocycles. The molecule has 2 rings (SSSR count). The molecule has 1 fully saturated rings. The Kier molecular flexibility index (Phi) is 8.17. The van der Waals surface area contributed by atoms with E-state index < -0.39 is 11.3 Å². The fourth-order valence-corrected chi connectivity index (χ4v) is 3.96. The van der Waals surface area contributed by atoms with E-state index in [0.29, 0.717) is 36.7 Å². The van der Waals surface area contributed by atoms with Gasteiger partial charge in [-0.05, 0) is 18.1 Å². The summed E-state index contributed by atoms with van der Waals surface area (Å²) in [4.78, 5) is 42.0. The fourth-order valence-electron chi connectivity index (χ4n) is 3.65. The first-order chi connectivity index (χ1) is 13.9. The minimum atomic E-state index is -1.32. The second kappa shape index (κ2) is 10.4. The van der Waals surface area contributed by atoms with Gasteiger partial charge in [-0.3, -0.25) is 19.3 Å². The van der Waals surface area contributed by atoms with Crippen molar-refractivity contribution in [2.75, 3.05) is 33.4 Å². The van der Waals surface area contributed by atoms with Gasteiger partial charge < -0.3 is 9.64 Å². The van der Waals surface area contributed by atoms with Crippen molar-refractivity contribution in [3.8, 4) is 0 Å². The van der Waals surface area contributed by atoms with Gasteiger partial charge in [0.05, 0.1) is 5.41 Å². The normalized spacial score (nSPS) is 18.8. The number of hydrogen-bond donors (Lipinski definition) is 0. The lowest BCUT2D eigenvalue weighted by Gasteiger charge is -2.30. The van der Waals surface area contributed by atoms with Gasteiger partial charge in [0.25, 0.3) is 0 Å². The molecule has 1 heterocycles. The lowest BCUT2D eigenvalue weighted by atomic mass is 9.75. The number of ether oxygens (including phenoxy) is 1. The number of benzene rings is 1. The number of likely N-dealkylation sites (tertiary alicyclic amines) is 1. The summed E-state index contributed by atoms with van der Waals surface area (Å²) in [6, 6.07) is 6.88.